The normalized spacial score (nSPS) is 10.2. The summed E-state index contributed by atoms with van der Waals surface area (Å²) in [6, 6.07) is 3.49. The van der Waals surface area contributed by atoms with Crippen molar-refractivity contribution in [3.05, 3.63) is 36.2 Å². The molecule has 7 heteroatoms. The van der Waals surface area contributed by atoms with Gasteiger partial charge in [-0.05, 0) is 19.1 Å². The predicted molar refractivity (Wildman–Crippen MR) is 70.6 cm³/mol. The Kier molecular flexibility index (Phi) is 4.07. The Morgan fingerprint density at radius 2 is 2.32 bits per heavy atom. The van der Waals surface area contributed by atoms with Gasteiger partial charge in [0.2, 0.25) is 0 Å². The number of amides is 1. The van der Waals surface area contributed by atoms with Crippen molar-refractivity contribution >= 4 is 11.6 Å². The first-order valence-electron chi connectivity index (χ1n) is 6.03. The molecule has 0 aromatic carbocycles. The Morgan fingerprint density at radius 3 is 3.05 bits per heavy atom. The summed E-state index contributed by atoms with van der Waals surface area (Å²) in [6.07, 6.45) is 3.23. The minimum absolute atomic E-state index is 0.234. The SMILES string of the molecule is CCn1cnnc1CNC(=O)c1cc(NC)ccn1. The van der Waals surface area contributed by atoms with E-state index < -0.39 is 0 Å². The second-order valence-electron chi connectivity index (χ2n) is 3.90. The van der Waals surface area contributed by atoms with Gasteiger partial charge in [0.25, 0.3) is 5.91 Å². The molecule has 0 saturated heterocycles. The molecular formula is C12H16N6O. The van der Waals surface area contributed by atoms with Crippen molar-refractivity contribution in [3.8, 4) is 0 Å². The van der Waals surface area contributed by atoms with Gasteiger partial charge in [-0.1, -0.05) is 0 Å². The number of nitrogens with zero attached hydrogens (tertiary/aromatic N) is 4. The van der Waals surface area contributed by atoms with E-state index in [0.29, 0.717) is 12.2 Å². The molecule has 2 aromatic rings. The van der Waals surface area contributed by atoms with Crippen LogP contribution in [0.1, 0.15) is 23.2 Å². The van der Waals surface area contributed by atoms with Crippen LogP contribution < -0.4 is 10.6 Å². The molecule has 19 heavy (non-hydrogen) atoms. The van der Waals surface area contributed by atoms with Crippen molar-refractivity contribution in [2.75, 3.05) is 12.4 Å². The fraction of sp³-hybridized carbons (Fsp3) is 0.333. The molecule has 7 nitrogen and oxygen atoms in total. The first-order chi connectivity index (χ1) is 9.24. The number of pyridine rings is 1. The van der Waals surface area contributed by atoms with Gasteiger partial charge in [-0.3, -0.25) is 9.78 Å². The van der Waals surface area contributed by atoms with Gasteiger partial charge in [0.1, 0.15) is 12.0 Å². The number of aryl methyl sites for hydroxylation is 1. The van der Waals surface area contributed by atoms with Crippen LogP contribution in [0.3, 0.4) is 0 Å². The van der Waals surface area contributed by atoms with E-state index in [4.69, 9.17) is 0 Å². The quantitative estimate of drug-likeness (QED) is 0.825. The van der Waals surface area contributed by atoms with Gasteiger partial charge in [0, 0.05) is 25.5 Å². The number of nitrogens with one attached hydrogen (secondary N) is 2. The number of carbonyl (C=O) groups excluding carboxylic acids is 1. The van der Waals surface area contributed by atoms with Crippen LogP contribution >= 0.6 is 0 Å². The fourth-order valence-electron chi connectivity index (χ4n) is 1.64. The molecule has 2 N–H and O–H groups in total. The summed E-state index contributed by atoms with van der Waals surface area (Å²) < 4.78 is 1.87. The molecule has 0 unspecified atom stereocenters. The summed E-state index contributed by atoms with van der Waals surface area (Å²) in [7, 11) is 1.79. The maximum atomic E-state index is 11.9. The van der Waals surface area contributed by atoms with Crippen molar-refractivity contribution in [1.82, 2.24) is 25.1 Å². The highest BCUT2D eigenvalue weighted by Gasteiger charge is 2.09. The maximum absolute atomic E-state index is 11.9. The average Bonchev–Trinajstić information content (AvgIpc) is 2.92. The standard InChI is InChI=1S/C12H16N6O/c1-3-18-8-16-17-11(18)7-15-12(19)10-6-9(13-2)4-5-14-10/h4-6,8H,3,7H2,1-2H3,(H,13,14)(H,15,19). The van der Waals surface area contributed by atoms with Gasteiger partial charge in [0.05, 0.1) is 6.54 Å². The molecule has 0 saturated carbocycles. The van der Waals surface area contributed by atoms with Crippen LogP contribution in [0, 0.1) is 0 Å². The van der Waals surface area contributed by atoms with Gasteiger partial charge < -0.3 is 15.2 Å². The lowest BCUT2D eigenvalue weighted by atomic mass is 10.3. The van der Waals surface area contributed by atoms with Crippen LogP contribution in [0.2, 0.25) is 0 Å². The Labute approximate surface area is 111 Å². The van der Waals surface area contributed by atoms with Crippen LogP contribution in [0.4, 0.5) is 5.69 Å². The van der Waals surface area contributed by atoms with E-state index >= 15 is 0 Å². The highest BCUT2D eigenvalue weighted by atomic mass is 16.1. The molecule has 0 spiro atoms. The van der Waals surface area contributed by atoms with Crippen LogP contribution in [0.15, 0.2) is 24.7 Å². The summed E-state index contributed by atoms with van der Waals surface area (Å²) in [5.74, 6) is 0.489. The molecule has 0 aliphatic rings. The second-order valence-corrected chi connectivity index (χ2v) is 3.90. The number of hydrogen-bond acceptors (Lipinski definition) is 5. The minimum Gasteiger partial charge on any atom is -0.388 e. The minimum atomic E-state index is -0.234. The fourth-order valence-corrected chi connectivity index (χ4v) is 1.64. The molecule has 2 heterocycles. The molecule has 2 aromatic heterocycles. The molecule has 0 fully saturated rings. The molecule has 0 atom stereocenters. The van der Waals surface area contributed by atoms with Crippen LogP contribution in [-0.2, 0) is 13.1 Å². The average molecular weight is 260 g/mol. The highest BCUT2D eigenvalue weighted by molar-refractivity contribution is 5.92. The monoisotopic (exact) mass is 260 g/mol. The van der Waals surface area contributed by atoms with E-state index in [9.17, 15) is 4.79 Å². The number of anilines is 1. The van der Waals surface area contributed by atoms with Crippen LogP contribution in [0.25, 0.3) is 0 Å². The molecule has 0 radical (unpaired) electrons. The molecule has 1 amide bonds. The summed E-state index contributed by atoms with van der Waals surface area (Å²) >= 11 is 0. The zero-order chi connectivity index (χ0) is 13.7. The number of hydrogen-bond donors (Lipinski definition) is 2. The molecule has 2 rings (SSSR count). The van der Waals surface area contributed by atoms with E-state index in [1.807, 2.05) is 11.5 Å². The third kappa shape index (κ3) is 3.06. The van der Waals surface area contributed by atoms with Crippen molar-refractivity contribution < 1.29 is 4.79 Å². The smallest absolute Gasteiger partial charge is 0.270 e. The van der Waals surface area contributed by atoms with Crippen LogP contribution in [-0.4, -0.2) is 32.7 Å². The largest absolute Gasteiger partial charge is 0.388 e. The lowest BCUT2D eigenvalue weighted by molar-refractivity contribution is 0.0944. The Morgan fingerprint density at radius 1 is 1.47 bits per heavy atom. The third-order valence-corrected chi connectivity index (χ3v) is 2.72. The Hall–Kier alpha value is -2.44. The van der Waals surface area contributed by atoms with E-state index in [1.54, 1.807) is 31.7 Å². The van der Waals surface area contributed by atoms with Crippen molar-refractivity contribution in [2.24, 2.45) is 0 Å². The van der Waals surface area contributed by atoms with Crippen molar-refractivity contribution in [3.63, 3.8) is 0 Å². The lowest BCUT2D eigenvalue weighted by Gasteiger charge is -2.06. The summed E-state index contributed by atoms with van der Waals surface area (Å²) in [5.41, 5.74) is 1.21. The third-order valence-electron chi connectivity index (χ3n) is 2.72. The number of carbonyl (C=O) groups is 1. The van der Waals surface area contributed by atoms with Crippen molar-refractivity contribution in [2.45, 2.75) is 20.0 Å². The number of rotatable bonds is 5. The lowest BCUT2D eigenvalue weighted by Crippen LogP contribution is -2.25. The van der Waals surface area contributed by atoms with Gasteiger partial charge >= 0.3 is 0 Å². The number of aromatic nitrogens is 4. The van der Waals surface area contributed by atoms with Gasteiger partial charge in [-0.2, -0.15) is 0 Å². The summed E-state index contributed by atoms with van der Waals surface area (Å²) in [6.45, 7) is 3.09. The topological polar surface area (TPSA) is 84.7 Å². The summed E-state index contributed by atoms with van der Waals surface area (Å²) in [4.78, 5) is 16.0. The van der Waals surface area contributed by atoms with Gasteiger partial charge in [-0.15, -0.1) is 10.2 Å². The van der Waals surface area contributed by atoms with E-state index in [2.05, 4.69) is 25.8 Å². The second kappa shape index (κ2) is 5.94. The first kappa shape index (κ1) is 13.0. The molecular weight excluding hydrogens is 244 g/mol. The maximum Gasteiger partial charge on any atom is 0.270 e. The van der Waals surface area contributed by atoms with E-state index in [-0.39, 0.29) is 5.91 Å². The molecule has 100 valence electrons. The van der Waals surface area contributed by atoms with Gasteiger partial charge in [-0.25, -0.2) is 0 Å². The zero-order valence-corrected chi connectivity index (χ0v) is 10.9. The molecule has 0 aliphatic heterocycles. The van der Waals surface area contributed by atoms with E-state index in [1.165, 1.54) is 0 Å². The zero-order valence-electron chi connectivity index (χ0n) is 10.9. The molecule has 0 bridgehead atoms. The first-order valence-corrected chi connectivity index (χ1v) is 6.03. The predicted octanol–water partition coefficient (Wildman–Crippen LogP) is 0.665. The van der Waals surface area contributed by atoms with Crippen LogP contribution in [0.5, 0.6) is 0 Å². The highest BCUT2D eigenvalue weighted by Crippen LogP contribution is 2.06. The Balaban J connectivity index is 2.01. The summed E-state index contributed by atoms with van der Waals surface area (Å²) in [5, 5.41) is 13.5. The van der Waals surface area contributed by atoms with Gasteiger partial charge in [0.15, 0.2) is 5.82 Å². The van der Waals surface area contributed by atoms with Crippen molar-refractivity contribution in [1.29, 1.82) is 0 Å². The van der Waals surface area contributed by atoms with E-state index in [0.717, 1.165) is 18.1 Å². The Bertz CT molecular complexity index is 565. The molecule has 0 aliphatic carbocycles.